The topological polar surface area (TPSA) is 43.1 Å². The Morgan fingerprint density at radius 3 is 2.29 bits per heavy atom. The fraction of sp³-hybridized carbons (Fsp3) is 1.00. The maximum absolute atomic E-state index is 11.0. The molecule has 1 aliphatic rings. The van der Waals surface area contributed by atoms with Crippen molar-refractivity contribution in [2.75, 3.05) is 0 Å². The maximum Gasteiger partial charge on any atom is 0.220 e. The van der Waals surface area contributed by atoms with Crippen molar-refractivity contribution in [3.63, 3.8) is 0 Å². The van der Waals surface area contributed by atoms with Crippen LogP contribution in [0.5, 0.6) is 0 Å². The van der Waals surface area contributed by atoms with E-state index in [1.54, 1.807) is 6.92 Å². The summed E-state index contributed by atoms with van der Waals surface area (Å²) in [6.07, 6.45) is 3.59. The van der Waals surface area contributed by atoms with Gasteiger partial charge in [0.2, 0.25) is 5.54 Å². The second kappa shape index (κ2) is 3.52. The van der Waals surface area contributed by atoms with E-state index in [2.05, 4.69) is 20.8 Å². The molecule has 1 aliphatic carbocycles. The van der Waals surface area contributed by atoms with Crippen LogP contribution >= 0.6 is 0 Å². The minimum atomic E-state index is -0.683. The average Bonchev–Trinajstić information content (AvgIpc) is 2.03. The van der Waals surface area contributed by atoms with Crippen molar-refractivity contribution < 1.29 is 4.92 Å². The van der Waals surface area contributed by atoms with E-state index < -0.39 is 5.54 Å². The first-order valence-corrected chi connectivity index (χ1v) is 5.45. The zero-order valence-electron chi connectivity index (χ0n) is 9.67. The van der Waals surface area contributed by atoms with Gasteiger partial charge < -0.3 is 0 Å². The van der Waals surface area contributed by atoms with Crippen LogP contribution in [0.25, 0.3) is 0 Å². The summed E-state index contributed by atoms with van der Waals surface area (Å²) in [6.45, 7) is 8.34. The Balaban J connectivity index is 2.83. The van der Waals surface area contributed by atoms with E-state index in [1.807, 2.05) is 0 Å². The number of hydrogen-bond donors (Lipinski definition) is 0. The van der Waals surface area contributed by atoms with Crippen molar-refractivity contribution in [2.24, 2.45) is 11.3 Å². The Kier molecular flexibility index (Phi) is 2.88. The van der Waals surface area contributed by atoms with E-state index in [9.17, 15) is 10.1 Å². The minimum absolute atomic E-state index is 0.0766. The van der Waals surface area contributed by atoms with E-state index in [0.29, 0.717) is 5.92 Å². The molecule has 1 rings (SSSR count). The average molecular weight is 199 g/mol. The smallest absolute Gasteiger partial charge is 0.220 e. The van der Waals surface area contributed by atoms with Crippen molar-refractivity contribution in [3.8, 4) is 0 Å². The SMILES string of the molecule is CC(C)C1(C)CCCC(C)([N+](=O)[O-])C1. The third-order valence-electron chi connectivity index (χ3n) is 4.08. The molecule has 0 aromatic carbocycles. The molecule has 3 heteroatoms. The molecule has 0 amide bonds. The fourth-order valence-corrected chi connectivity index (χ4v) is 2.57. The molecule has 0 aliphatic heterocycles. The molecule has 0 saturated heterocycles. The van der Waals surface area contributed by atoms with E-state index in [4.69, 9.17) is 0 Å². The lowest BCUT2D eigenvalue weighted by molar-refractivity contribution is -0.574. The van der Waals surface area contributed by atoms with Gasteiger partial charge in [0, 0.05) is 24.7 Å². The summed E-state index contributed by atoms with van der Waals surface area (Å²) in [5, 5.41) is 11.0. The third kappa shape index (κ3) is 1.91. The van der Waals surface area contributed by atoms with Crippen molar-refractivity contribution in [3.05, 3.63) is 10.1 Å². The highest BCUT2D eigenvalue weighted by molar-refractivity contribution is 4.91. The summed E-state index contributed by atoms with van der Waals surface area (Å²) >= 11 is 0. The summed E-state index contributed by atoms with van der Waals surface area (Å²) in [7, 11) is 0. The zero-order chi connectivity index (χ0) is 11.0. The first-order valence-electron chi connectivity index (χ1n) is 5.45. The van der Waals surface area contributed by atoms with Gasteiger partial charge in [0.15, 0.2) is 0 Å². The van der Waals surface area contributed by atoms with Crippen LogP contribution in [0.2, 0.25) is 0 Å². The molecule has 0 heterocycles. The van der Waals surface area contributed by atoms with Crippen LogP contribution in [-0.4, -0.2) is 10.5 Å². The molecule has 1 saturated carbocycles. The number of nitrogens with zero attached hydrogens (tertiary/aromatic N) is 1. The van der Waals surface area contributed by atoms with Gasteiger partial charge in [0.25, 0.3) is 0 Å². The summed E-state index contributed by atoms with van der Waals surface area (Å²) in [5.74, 6) is 0.530. The molecule has 0 spiro atoms. The van der Waals surface area contributed by atoms with Crippen LogP contribution in [-0.2, 0) is 0 Å². The van der Waals surface area contributed by atoms with Crippen molar-refractivity contribution >= 4 is 0 Å². The molecule has 0 aromatic heterocycles. The quantitative estimate of drug-likeness (QED) is 0.506. The first kappa shape index (κ1) is 11.5. The molecule has 0 N–H and O–H groups in total. The van der Waals surface area contributed by atoms with Gasteiger partial charge in [-0.05, 0) is 24.2 Å². The number of nitro groups is 1. The van der Waals surface area contributed by atoms with Gasteiger partial charge in [0.1, 0.15) is 0 Å². The summed E-state index contributed by atoms with van der Waals surface area (Å²) in [6, 6.07) is 0. The summed E-state index contributed by atoms with van der Waals surface area (Å²) in [4.78, 5) is 10.9. The molecule has 0 radical (unpaired) electrons. The second-order valence-corrected chi connectivity index (χ2v) is 5.59. The molecule has 14 heavy (non-hydrogen) atoms. The Morgan fingerprint density at radius 1 is 1.29 bits per heavy atom. The van der Waals surface area contributed by atoms with Crippen molar-refractivity contribution in [2.45, 2.75) is 58.9 Å². The second-order valence-electron chi connectivity index (χ2n) is 5.59. The van der Waals surface area contributed by atoms with Crippen molar-refractivity contribution in [1.29, 1.82) is 0 Å². The molecule has 82 valence electrons. The standard InChI is InChI=1S/C11H21NO2/c1-9(2)10(3)6-5-7-11(4,8-10)12(13)14/h9H,5-8H2,1-4H3. The van der Waals surface area contributed by atoms with Crippen LogP contribution in [0, 0.1) is 21.4 Å². The van der Waals surface area contributed by atoms with Gasteiger partial charge in [-0.25, -0.2) is 0 Å². The van der Waals surface area contributed by atoms with Gasteiger partial charge in [-0.2, -0.15) is 0 Å². The normalized spacial score (nSPS) is 38.6. The van der Waals surface area contributed by atoms with Gasteiger partial charge in [0.05, 0.1) is 0 Å². The Morgan fingerprint density at radius 2 is 1.86 bits per heavy atom. The molecule has 0 bridgehead atoms. The molecule has 0 aromatic rings. The maximum atomic E-state index is 11.0. The predicted octanol–water partition coefficient (Wildman–Crippen LogP) is 3.26. The van der Waals surface area contributed by atoms with Crippen LogP contribution in [0.1, 0.15) is 53.4 Å². The molecule has 1 fully saturated rings. The van der Waals surface area contributed by atoms with Gasteiger partial charge >= 0.3 is 0 Å². The van der Waals surface area contributed by atoms with Gasteiger partial charge in [-0.3, -0.25) is 10.1 Å². The Bertz CT molecular complexity index is 239. The lowest BCUT2D eigenvalue weighted by Crippen LogP contribution is -2.45. The van der Waals surface area contributed by atoms with Gasteiger partial charge in [-0.1, -0.05) is 20.8 Å². The monoisotopic (exact) mass is 199 g/mol. The minimum Gasteiger partial charge on any atom is -0.264 e. The molecular weight excluding hydrogens is 178 g/mol. The highest BCUT2D eigenvalue weighted by atomic mass is 16.6. The van der Waals surface area contributed by atoms with E-state index in [-0.39, 0.29) is 10.3 Å². The summed E-state index contributed by atoms with van der Waals surface area (Å²) in [5.41, 5.74) is -0.530. The van der Waals surface area contributed by atoms with Crippen LogP contribution in [0.3, 0.4) is 0 Å². The predicted molar refractivity (Wildman–Crippen MR) is 56.8 cm³/mol. The lowest BCUT2D eigenvalue weighted by atomic mass is 9.63. The highest BCUT2D eigenvalue weighted by Crippen LogP contribution is 2.47. The first-order chi connectivity index (χ1) is 6.30. The van der Waals surface area contributed by atoms with Crippen LogP contribution in [0.15, 0.2) is 0 Å². The zero-order valence-corrected chi connectivity index (χ0v) is 9.67. The molecule has 3 nitrogen and oxygen atoms in total. The lowest BCUT2D eigenvalue weighted by Gasteiger charge is -2.42. The largest absolute Gasteiger partial charge is 0.264 e. The summed E-state index contributed by atoms with van der Waals surface area (Å²) < 4.78 is 0. The molecule has 2 atom stereocenters. The highest BCUT2D eigenvalue weighted by Gasteiger charge is 2.48. The van der Waals surface area contributed by atoms with E-state index in [1.165, 1.54) is 0 Å². The van der Waals surface area contributed by atoms with Crippen LogP contribution < -0.4 is 0 Å². The number of hydrogen-bond acceptors (Lipinski definition) is 2. The third-order valence-corrected chi connectivity index (χ3v) is 4.08. The Hall–Kier alpha value is -0.600. The number of rotatable bonds is 2. The van der Waals surface area contributed by atoms with Gasteiger partial charge in [-0.15, -0.1) is 0 Å². The molecule has 2 unspecified atom stereocenters. The van der Waals surface area contributed by atoms with Crippen LogP contribution in [0.4, 0.5) is 0 Å². The fourth-order valence-electron chi connectivity index (χ4n) is 2.57. The molecular formula is C11H21NO2. The van der Waals surface area contributed by atoms with Crippen molar-refractivity contribution in [1.82, 2.24) is 0 Å². The van der Waals surface area contributed by atoms with E-state index in [0.717, 1.165) is 25.7 Å². The Labute approximate surface area is 86.0 Å². The van der Waals surface area contributed by atoms with E-state index >= 15 is 0 Å².